The zero-order valence-electron chi connectivity index (χ0n) is 13.6. The lowest BCUT2D eigenvalue weighted by molar-refractivity contribution is 0.0861. The average molecular weight is 286 g/mol. The van der Waals surface area contributed by atoms with Crippen LogP contribution >= 0.6 is 0 Å². The van der Waals surface area contributed by atoms with Gasteiger partial charge in [-0.25, -0.2) is 0 Å². The molecule has 1 aliphatic heterocycles. The van der Waals surface area contributed by atoms with Crippen molar-refractivity contribution in [2.75, 3.05) is 19.6 Å². The molecule has 1 aliphatic carbocycles. The third kappa shape index (κ3) is 3.67. The Morgan fingerprint density at radius 2 is 1.86 bits per heavy atom. The van der Waals surface area contributed by atoms with Crippen molar-refractivity contribution in [3.63, 3.8) is 0 Å². The minimum absolute atomic E-state index is 0.552. The molecule has 4 atom stereocenters. The molecular formula is C19H30N2. The topological polar surface area (TPSA) is 15.3 Å². The van der Waals surface area contributed by atoms with Gasteiger partial charge in [0, 0.05) is 31.7 Å². The smallest absolute Gasteiger partial charge is 0.0473 e. The lowest BCUT2D eigenvalue weighted by Gasteiger charge is -2.43. The van der Waals surface area contributed by atoms with Crippen LogP contribution in [0.4, 0.5) is 0 Å². The van der Waals surface area contributed by atoms with E-state index in [1.807, 2.05) is 0 Å². The quantitative estimate of drug-likeness (QED) is 0.908. The van der Waals surface area contributed by atoms with Crippen LogP contribution in [0.2, 0.25) is 0 Å². The highest BCUT2D eigenvalue weighted by Gasteiger charge is 2.31. The van der Waals surface area contributed by atoms with Gasteiger partial charge in [-0.2, -0.15) is 0 Å². The summed E-state index contributed by atoms with van der Waals surface area (Å²) in [5, 5.41) is 3.67. The van der Waals surface area contributed by atoms with Gasteiger partial charge in [0.1, 0.15) is 0 Å². The summed E-state index contributed by atoms with van der Waals surface area (Å²) in [7, 11) is 0. The molecule has 116 valence electrons. The summed E-state index contributed by atoms with van der Waals surface area (Å²) in [6.45, 7) is 8.34. The maximum Gasteiger partial charge on any atom is 0.0473 e. The van der Waals surface area contributed by atoms with E-state index in [-0.39, 0.29) is 0 Å². The molecule has 1 saturated carbocycles. The first-order chi connectivity index (χ1) is 10.2. The largest absolute Gasteiger partial charge is 0.311 e. The molecule has 1 saturated heterocycles. The fraction of sp³-hybridized carbons (Fsp3) is 0.684. The van der Waals surface area contributed by atoms with Crippen LogP contribution in [0, 0.1) is 11.8 Å². The van der Waals surface area contributed by atoms with Gasteiger partial charge in [0.25, 0.3) is 0 Å². The van der Waals surface area contributed by atoms with Gasteiger partial charge >= 0.3 is 0 Å². The minimum atomic E-state index is 0.552. The van der Waals surface area contributed by atoms with Crippen molar-refractivity contribution in [2.45, 2.75) is 51.6 Å². The average Bonchev–Trinajstić information content (AvgIpc) is 2.51. The Kier molecular flexibility index (Phi) is 4.97. The molecule has 0 spiro atoms. The molecule has 0 aromatic heterocycles. The van der Waals surface area contributed by atoms with Crippen molar-refractivity contribution >= 4 is 0 Å². The van der Waals surface area contributed by atoms with Crippen molar-refractivity contribution in [2.24, 2.45) is 11.8 Å². The molecule has 21 heavy (non-hydrogen) atoms. The molecular weight excluding hydrogens is 256 g/mol. The summed E-state index contributed by atoms with van der Waals surface area (Å²) in [6, 6.07) is 12.2. The molecule has 2 aliphatic rings. The van der Waals surface area contributed by atoms with Crippen LogP contribution < -0.4 is 5.32 Å². The Morgan fingerprint density at radius 1 is 1.10 bits per heavy atom. The van der Waals surface area contributed by atoms with Crippen LogP contribution in [0.15, 0.2) is 30.3 Å². The summed E-state index contributed by atoms with van der Waals surface area (Å²) in [4.78, 5) is 2.75. The van der Waals surface area contributed by atoms with E-state index in [0.29, 0.717) is 12.1 Å². The Bertz CT molecular complexity index is 430. The van der Waals surface area contributed by atoms with Crippen molar-refractivity contribution < 1.29 is 0 Å². The fourth-order valence-corrected chi connectivity index (χ4v) is 4.16. The first-order valence-corrected chi connectivity index (χ1v) is 8.76. The van der Waals surface area contributed by atoms with Gasteiger partial charge in [0.05, 0.1) is 0 Å². The Labute approximate surface area is 129 Å². The van der Waals surface area contributed by atoms with Crippen LogP contribution in [0.3, 0.4) is 0 Å². The predicted molar refractivity (Wildman–Crippen MR) is 89.3 cm³/mol. The van der Waals surface area contributed by atoms with Gasteiger partial charge in [-0.05, 0) is 30.7 Å². The van der Waals surface area contributed by atoms with Crippen molar-refractivity contribution in [3.8, 4) is 0 Å². The van der Waals surface area contributed by atoms with Gasteiger partial charge in [-0.1, -0.05) is 56.5 Å². The molecule has 3 rings (SSSR count). The van der Waals surface area contributed by atoms with E-state index < -0.39 is 0 Å². The van der Waals surface area contributed by atoms with Crippen LogP contribution in [-0.2, 0) is 0 Å². The molecule has 1 aromatic rings. The first kappa shape index (κ1) is 15.1. The standard InChI is InChI=1S/C19H30N2/c1-15-8-6-7-11-18(15)14-21-13-16(2)20-12-19(21)17-9-4-3-5-10-17/h3-5,9-10,15-16,18-20H,6-8,11-14H2,1-2H3. The van der Waals surface area contributed by atoms with E-state index in [4.69, 9.17) is 0 Å². The number of nitrogens with one attached hydrogen (secondary N) is 1. The molecule has 2 nitrogen and oxygen atoms in total. The van der Waals surface area contributed by atoms with Gasteiger partial charge in [0.2, 0.25) is 0 Å². The van der Waals surface area contributed by atoms with E-state index in [1.54, 1.807) is 0 Å². The van der Waals surface area contributed by atoms with Crippen LogP contribution in [0.25, 0.3) is 0 Å². The first-order valence-electron chi connectivity index (χ1n) is 8.76. The van der Waals surface area contributed by atoms with Crippen LogP contribution in [0.5, 0.6) is 0 Å². The van der Waals surface area contributed by atoms with Crippen molar-refractivity contribution in [3.05, 3.63) is 35.9 Å². The molecule has 0 amide bonds. The SMILES string of the molecule is CC1CN(CC2CCCCC2C)C(c2ccccc2)CN1. The van der Waals surface area contributed by atoms with E-state index in [0.717, 1.165) is 18.4 Å². The van der Waals surface area contributed by atoms with Crippen LogP contribution in [0.1, 0.15) is 51.1 Å². The summed E-state index contributed by atoms with van der Waals surface area (Å²) in [6.07, 6.45) is 5.74. The second kappa shape index (κ2) is 6.93. The summed E-state index contributed by atoms with van der Waals surface area (Å²) >= 11 is 0. The molecule has 1 heterocycles. The van der Waals surface area contributed by atoms with E-state index in [2.05, 4.69) is 54.4 Å². The highest BCUT2D eigenvalue weighted by molar-refractivity contribution is 5.20. The zero-order chi connectivity index (χ0) is 14.7. The minimum Gasteiger partial charge on any atom is -0.311 e. The molecule has 1 aromatic carbocycles. The van der Waals surface area contributed by atoms with Crippen molar-refractivity contribution in [1.29, 1.82) is 0 Å². The number of hydrogen-bond acceptors (Lipinski definition) is 2. The summed E-state index contributed by atoms with van der Waals surface area (Å²) in [5.41, 5.74) is 1.47. The summed E-state index contributed by atoms with van der Waals surface area (Å²) < 4.78 is 0. The lowest BCUT2D eigenvalue weighted by atomic mass is 9.79. The Hall–Kier alpha value is -0.860. The number of rotatable bonds is 3. The van der Waals surface area contributed by atoms with Gasteiger partial charge in [-0.15, -0.1) is 0 Å². The second-order valence-corrected chi connectivity index (χ2v) is 7.21. The van der Waals surface area contributed by atoms with Gasteiger partial charge in [-0.3, -0.25) is 4.90 Å². The Morgan fingerprint density at radius 3 is 2.62 bits per heavy atom. The van der Waals surface area contributed by atoms with Gasteiger partial charge in [0.15, 0.2) is 0 Å². The number of hydrogen-bond donors (Lipinski definition) is 1. The van der Waals surface area contributed by atoms with E-state index >= 15 is 0 Å². The third-order valence-corrected chi connectivity index (χ3v) is 5.55. The molecule has 2 fully saturated rings. The van der Waals surface area contributed by atoms with Crippen molar-refractivity contribution in [1.82, 2.24) is 10.2 Å². The number of benzene rings is 1. The van der Waals surface area contributed by atoms with Crippen LogP contribution in [-0.4, -0.2) is 30.6 Å². The lowest BCUT2D eigenvalue weighted by Crippen LogP contribution is -2.52. The highest BCUT2D eigenvalue weighted by Crippen LogP contribution is 2.33. The predicted octanol–water partition coefficient (Wildman–Crippen LogP) is 3.85. The number of nitrogens with zero attached hydrogens (tertiary/aromatic N) is 1. The molecule has 0 radical (unpaired) electrons. The van der Waals surface area contributed by atoms with E-state index in [9.17, 15) is 0 Å². The summed E-state index contributed by atoms with van der Waals surface area (Å²) in [5.74, 6) is 1.80. The second-order valence-electron chi connectivity index (χ2n) is 7.21. The maximum absolute atomic E-state index is 3.67. The number of piperazine rings is 1. The Balaban J connectivity index is 1.72. The third-order valence-electron chi connectivity index (χ3n) is 5.55. The van der Waals surface area contributed by atoms with E-state index in [1.165, 1.54) is 44.3 Å². The fourth-order valence-electron chi connectivity index (χ4n) is 4.16. The molecule has 0 bridgehead atoms. The zero-order valence-corrected chi connectivity index (χ0v) is 13.6. The van der Waals surface area contributed by atoms with Gasteiger partial charge < -0.3 is 5.32 Å². The molecule has 2 heteroatoms. The monoisotopic (exact) mass is 286 g/mol. The normalized spacial score (nSPS) is 34.8. The molecule has 1 N–H and O–H groups in total. The molecule has 4 unspecified atom stereocenters. The maximum atomic E-state index is 3.67. The highest BCUT2D eigenvalue weighted by atomic mass is 15.2.